The maximum absolute atomic E-state index is 13.4. The number of nitrogens with zero attached hydrogens (tertiary/aromatic N) is 3. The molecule has 2 N–H and O–H groups in total. The maximum Gasteiger partial charge on any atom is 0.416 e. The number of hydrogen-bond acceptors (Lipinski definition) is 7. The quantitative estimate of drug-likeness (QED) is 0.310. The molecule has 14 heteroatoms. The Morgan fingerprint density at radius 2 is 1.63 bits per heavy atom. The number of ether oxygens (including phenoxy) is 1. The summed E-state index contributed by atoms with van der Waals surface area (Å²) < 4.78 is 73.0. The highest BCUT2D eigenvalue weighted by Crippen LogP contribution is 2.34. The summed E-state index contributed by atoms with van der Waals surface area (Å²) in [6.45, 7) is 6.51. The van der Waals surface area contributed by atoms with Crippen LogP contribution in [-0.4, -0.2) is 77.7 Å². The zero-order chi connectivity index (χ0) is 37.5. The van der Waals surface area contributed by atoms with Crippen molar-refractivity contribution in [3.8, 4) is 5.75 Å². The van der Waals surface area contributed by atoms with Crippen molar-refractivity contribution < 1.29 is 41.0 Å². The van der Waals surface area contributed by atoms with Crippen LogP contribution in [-0.2, 0) is 27.6 Å². The predicted octanol–water partition coefficient (Wildman–Crippen LogP) is 5.60. The Morgan fingerprint density at radius 3 is 2.29 bits per heavy atom. The Kier molecular flexibility index (Phi) is 10.1. The topological polar surface area (TPSA) is 129 Å². The molecule has 0 bridgehead atoms. The van der Waals surface area contributed by atoms with E-state index >= 15 is 0 Å². The first-order valence-corrected chi connectivity index (χ1v) is 18.6. The number of aliphatic hydroxyl groups is 1. The van der Waals surface area contributed by atoms with Gasteiger partial charge in [0, 0.05) is 42.7 Å². The van der Waals surface area contributed by atoms with Gasteiger partial charge in [0.2, 0.25) is 10.0 Å². The summed E-state index contributed by atoms with van der Waals surface area (Å²) in [5, 5.41) is 14.2. The summed E-state index contributed by atoms with van der Waals surface area (Å²) >= 11 is 0. The molecule has 3 aromatic rings. The molecule has 1 spiro atoms. The van der Waals surface area contributed by atoms with Gasteiger partial charge in [-0.05, 0) is 111 Å². The summed E-state index contributed by atoms with van der Waals surface area (Å²) in [5.74, 6) is -0.0363. The molecule has 10 nitrogen and oxygen atoms in total. The monoisotopic (exact) mass is 738 g/mol. The molecule has 3 aliphatic rings. The second kappa shape index (κ2) is 14.1. The van der Waals surface area contributed by atoms with E-state index in [-0.39, 0.29) is 50.1 Å². The summed E-state index contributed by atoms with van der Waals surface area (Å²) in [7, 11) is -3.85. The van der Waals surface area contributed by atoms with Crippen LogP contribution in [0.25, 0.3) is 6.08 Å². The normalized spacial score (nSPS) is 19.2. The highest BCUT2D eigenvalue weighted by molar-refractivity contribution is 7.92. The second-order valence-corrected chi connectivity index (χ2v) is 15.8. The number of aliphatic imine (C=N–C) groups is 1. The number of nitrogens with one attached hydrogen (secondary N) is 1. The lowest BCUT2D eigenvalue weighted by Crippen LogP contribution is -2.50. The minimum atomic E-state index is -4.49. The third kappa shape index (κ3) is 8.08. The van der Waals surface area contributed by atoms with Gasteiger partial charge >= 0.3 is 6.18 Å². The van der Waals surface area contributed by atoms with E-state index in [0.717, 1.165) is 28.7 Å². The fourth-order valence-corrected chi connectivity index (χ4v) is 7.99. The molecular weight excluding hydrogens is 698 g/mol. The van der Waals surface area contributed by atoms with Crippen molar-refractivity contribution in [3.05, 3.63) is 105 Å². The van der Waals surface area contributed by atoms with Crippen molar-refractivity contribution in [3.63, 3.8) is 0 Å². The van der Waals surface area contributed by atoms with Gasteiger partial charge in [0.1, 0.15) is 23.7 Å². The first-order chi connectivity index (χ1) is 24.4. The van der Waals surface area contributed by atoms with Gasteiger partial charge in [-0.25, -0.2) is 8.42 Å². The summed E-state index contributed by atoms with van der Waals surface area (Å²) in [6, 6.07) is 15.1. The smallest absolute Gasteiger partial charge is 0.416 e. The first kappa shape index (κ1) is 37.2. The number of piperidine rings is 2. The van der Waals surface area contributed by atoms with Gasteiger partial charge in [-0.15, -0.1) is 0 Å². The summed E-state index contributed by atoms with van der Waals surface area (Å²) in [6.07, 6.45) is -1.58. The van der Waals surface area contributed by atoms with Crippen molar-refractivity contribution >= 4 is 33.7 Å². The average molecular weight is 739 g/mol. The van der Waals surface area contributed by atoms with Crippen LogP contribution in [0.15, 0.2) is 71.1 Å². The molecular formula is C38H41F3N4O6S. The Hall–Kier alpha value is -4.53. The number of alkyl halides is 3. The number of rotatable bonds is 8. The van der Waals surface area contributed by atoms with Gasteiger partial charge in [0.15, 0.2) is 0 Å². The minimum Gasteiger partial charge on any atom is -0.489 e. The van der Waals surface area contributed by atoms with E-state index in [2.05, 4.69) is 5.32 Å². The number of benzene rings is 3. The predicted molar refractivity (Wildman–Crippen MR) is 190 cm³/mol. The number of carbonyl (C=O) groups excluding carboxylic acids is 2. The Labute approximate surface area is 301 Å². The highest BCUT2D eigenvalue weighted by atomic mass is 32.2. The fourth-order valence-electron chi connectivity index (χ4n) is 6.82. The summed E-state index contributed by atoms with van der Waals surface area (Å²) in [4.78, 5) is 32.8. The molecule has 3 heterocycles. The highest BCUT2D eigenvalue weighted by Gasteiger charge is 2.47. The third-order valence-corrected chi connectivity index (χ3v) is 11.6. The van der Waals surface area contributed by atoms with Crippen LogP contribution in [0.3, 0.4) is 0 Å². The number of halogens is 3. The molecule has 0 unspecified atom stereocenters. The molecule has 52 heavy (non-hydrogen) atoms. The molecule has 0 radical (unpaired) electrons. The molecule has 0 saturated carbocycles. The number of sulfonamides is 1. The van der Waals surface area contributed by atoms with Gasteiger partial charge in [-0.3, -0.25) is 14.6 Å². The molecule has 3 aromatic carbocycles. The van der Waals surface area contributed by atoms with Crippen LogP contribution in [0.1, 0.15) is 76.3 Å². The van der Waals surface area contributed by atoms with E-state index < -0.39 is 32.9 Å². The van der Waals surface area contributed by atoms with E-state index in [4.69, 9.17) is 9.73 Å². The van der Waals surface area contributed by atoms with Crippen LogP contribution < -0.4 is 10.1 Å². The zero-order valence-electron chi connectivity index (χ0n) is 29.2. The standard InChI is InChI=1S/C38H41F3N4O6S/c1-25-20-29(34(46)44-15-11-36(3,48)12-16-44)21-26(2)32(25)10-19-52(49,50)45-17-13-37(14-18-45)35(47)42-33(43-37)28-7-4-6-27(22-28)24-51-31-9-5-8-30(23-31)38(39,40)41/h4-10,19-23,48H,11-18,24H2,1-3H3,(H,42,43,47)/b19-10+. The lowest BCUT2D eigenvalue weighted by atomic mass is 9.89. The third-order valence-electron chi connectivity index (χ3n) is 10.0. The molecule has 0 aliphatic carbocycles. The van der Waals surface area contributed by atoms with E-state index in [0.29, 0.717) is 54.0 Å². The summed E-state index contributed by atoms with van der Waals surface area (Å²) in [5.41, 5.74) is 1.27. The number of likely N-dealkylation sites (tertiary alicyclic amines) is 1. The van der Waals surface area contributed by atoms with Crippen molar-refractivity contribution in [2.45, 2.75) is 70.4 Å². The van der Waals surface area contributed by atoms with E-state index in [1.54, 1.807) is 54.3 Å². The number of carbonyl (C=O) groups is 2. The Bertz CT molecular complexity index is 2020. The number of amidine groups is 1. The molecule has 3 aliphatic heterocycles. The second-order valence-electron chi connectivity index (χ2n) is 14.0. The molecule has 0 atom stereocenters. The van der Waals surface area contributed by atoms with Crippen molar-refractivity contribution in [1.29, 1.82) is 0 Å². The van der Waals surface area contributed by atoms with Crippen LogP contribution in [0.5, 0.6) is 5.75 Å². The lowest BCUT2D eigenvalue weighted by Gasteiger charge is -2.36. The van der Waals surface area contributed by atoms with Crippen molar-refractivity contribution in [2.75, 3.05) is 26.2 Å². The van der Waals surface area contributed by atoms with Gasteiger partial charge in [-0.1, -0.05) is 24.3 Å². The molecule has 2 saturated heterocycles. The maximum atomic E-state index is 13.4. The van der Waals surface area contributed by atoms with Crippen LogP contribution in [0.4, 0.5) is 13.2 Å². The molecule has 2 fully saturated rings. The van der Waals surface area contributed by atoms with E-state index in [9.17, 15) is 36.3 Å². The Morgan fingerprint density at radius 1 is 0.981 bits per heavy atom. The van der Waals surface area contributed by atoms with Crippen LogP contribution in [0, 0.1) is 13.8 Å². The van der Waals surface area contributed by atoms with Crippen molar-refractivity contribution in [2.24, 2.45) is 4.99 Å². The van der Waals surface area contributed by atoms with Crippen LogP contribution >= 0.6 is 0 Å². The molecule has 0 aromatic heterocycles. The molecule has 2 amide bonds. The van der Waals surface area contributed by atoms with Gasteiger partial charge in [0.25, 0.3) is 11.8 Å². The minimum absolute atomic E-state index is 0.00717. The average Bonchev–Trinajstić information content (AvgIpc) is 3.41. The van der Waals surface area contributed by atoms with Crippen LogP contribution in [0.2, 0.25) is 0 Å². The first-order valence-electron chi connectivity index (χ1n) is 17.1. The zero-order valence-corrected chi connectivity index (χ0v) is 30.0. The largest absolute Gasteiger partial charge is 0.489 e. The molecule has 276 valence electrons. The van der Waals surface area contributed by atoms with Gasteiger partial charge in [0.05, 0.1) is 11.2 Å². The Balaban J connectivity index is 1.09. The van der Waals surface area contributed by atoms with Gasteiger partial charge in [-0.2, -0.15) is 17.5 Å². The van der Waals surface area contributed by atoms with Gasteiger partial charge < -0.3 is 20.1 Å². The van der Waals surface area contributed by atoms with E-state index in [1.807, 2.05) is 13.8 Å². The SMILES string of the molecule is Cc1cc(C(=O)N2CCC(C)(O)CC2)cc(C)c1/C=C/S(=O)(=O)N1CCC2(CC1)N=C(c1cccc(COc3cccc(C(F)(F)F)c3)c1)NC2=O. The van der Waals surface area contributed by atoms with Crippen molar-refractivity contribution in [1.82, 2.24) is 14.5 Å². The van der Waals surface area contributed by atoms with E-state index in [1.165, 1.54) is 16.4 Å². The number of hydrogen-bond donors (Lipinski definition) is 2. The fraction of sp³-hybridized carbons (Fsp3) is 0.395. The number of amides is 2. The molecule has 6 rings (SSSR count). The number of aryl methyl sites for hydroxylation is 2. The lowest BCUT2D eigenvalue weighted by molar-refractivity contribution is -0.137.